The van der Waals surface area contributed by atoms with Gasteiger partial charge in [-0.05, 0) is 32.6 Å². The lowest BCUT2D eigenvalue weighted by molar-refractivity contribution is -0.121. The Labute approximate surface area is 129 Å². The fourth-order valence-electron chi connectivity index (χ4n) is 3.17. The highest BCUT2D eigenvalue weighted by molar-refractivity contribution is 5.86. The Bertz CT molecular complexity index is 578. The first kappa shape index (κ1) is 14.9. The van der Waals surface area contributed by atoms with Gasteiger partial charge in [-0.3, -0.25) is 4.79 Å². The van der Waals surface area contributed by atoms with E-state index >= 15 is 0 Å². The van der Waals surface area contributed by atoms with Crippen molar-refractivity contribution in [3.8, 4) is 0 Å². The zero-order valence-corrected chi connectivity index (χ0v) is 12.9. The van der Waals surface area contributed by atoms with Gasteiger partial charge in [0.25, 0.3) is 0 Å². The van der Waals surface area contributed by atoms with Gasteiger partial charge in [0.05, 0.1) is 0 Å². The van der Waals surface area contributed by atoms with Crippen molar-refractivity contribution in [3.63, 3.8) is 0 Å². The minimum absolute atomic E-state index is 0.128. The molecular formula is C15H23N5O2. The van der Waals surface area contributed by atoms with Crippen LogP contribution in [0, 0.1) is 12.3 Å². The highest BCUT2D eigenvalue weighted by Gasteiger charge is 2.44. The van der Waals surface area contributed by atoms with Crippen molar-refractivity contribution >= 4 is 11.9 Å². The number of hydrogen-bond donors (Lipinski definition) is 2. The summed E-state index contributed by atoms with van der Waals surface area (Å²) in [7, 11) is 0. The van der Waals surface area contributed by atoms with Crippen LogP contribution in [0.15, 0.2) is 12.4 Å². The van der Waals surface area contributed by atoms with E-state index in [1.807, 2.05) is 13.1 Å². The minimum Gasteiger partial charge on any atom is -0.368 e. The molecule has 1 atom stereocenters. The summed E-state index contributed by atoms with van der Waals surface area (Å²) in [4.78, 5) is 29.5. The van der Waals surface area contributed by atoms with Crippen molar-refractivity contribution < 1.29 is 9.59 Å². The summed E-state index contributed by atoms with van der Waals surface area (Å²) in [5.41, 5.74) is 5.48. The number of aromatic nitrogens is 2. The average molecular weight is 305 g/mol. The fraction of sp³-hybridized carbons (Fsp3) is 0.667. The zero-order valence-electron chi connectivity index (χ0n) is 12.9. The number of nitrogens with two attached hydrogens (primary N) is 1. The van der Waals surface area contributed by atoms with E-state index in [-0.39, 0.29) is 11.4 Å². The molecule has 120 valence electrons. The van der Waals surface area contributed by atoms with E-state index in [9.17, 15) is 9.59 Å². The molecule has 1 aromatic heterocycles. The third kappa shape index (κ3) is 2.93. The van der Waals surface area contributed by atoms with Crippen LogP contribution in [0.25, 0.3) is 0 Å². The van der Waals surface area contributed by atoms with E-state index in [4.69, 9.17) is 5.73 Å². The van der Waals surface area contributed by atoms with Crippen molar-refractivity contribution in [2.45, 2.75) is 45.2 Å². The number of likely N-dealkylation sites (tertiary alicyclic amines) is 1. The van der Waals surface area contributed by atoms with Crippen molar-refractivity contribution in [1.82, 2.24) is 19.8 Å². The van der Waals surface area contributed by atoms with Crippen LogP contribution in [0.4, 0.5) is 4.79 Å². The molecule has 1 saturated heterocycles. The summed E-state index contributed by atoms with van der Waals surface area (Å²) in [6.45, 7) is 4.09. The molecule has 1 aromatic rings. The monoisotopic (exact) mass is 305 g/mol. The second kappa shape index (κ2) is 5.62. The number of carbonyl (C=O) groups is 2. The van der Waals surface area contributed by atoms with Gasteiger partial charge in [-0.1, -0.05) is 0 Å². The quantitative estimate of drug-likeness (QED) is 0.835. The first-order valence-electron chi connectivity index (χ1n) is 7.82. The lowest BCUT2D eigenvalue weighted by Gasteiger charge is -2.24. The van der Waals surface area contributed by atoms with Crippen LogP contribution in [-0.2, 0) is 11.3 Å². The smallest absolute Gasteiger partial charge is 0.318 e. The summed E-state index contributed by atoms with van der Waals surface area (Å²) in [5.74, 6) is 0.578. The lowest BCUT2D eigenvalue weighted by Crippen LogP contribution is -2.49. The number of nitrogens with zero attached hydrogens (tertiary/aromatic N) is 3. The largest absolute Gasteiger partial charge is 0.368 e. The third-order valence-electron chi connectivity index (χ3n) is 4.84. The molecule has 2 aliphatic rings. The number of amides is 3. The summed E-state index contributed by atoms with van der Waals surface area (Å²) in [6.07, 6.45) is 7.48. The van der Waals surface area contributed by atoms with Gasteiger partial charge < -0.3 is 20.5 Å². The molecule has 1 aliphatic carbocycles. The van der Waals surface area contributed by atoms with Gasteiger partial charge in [0.2, 0.25) is 5.91 Å². The van der Waals surface area contributed by atoms with Crippen molar-refractivity contribution in [1.29, 1.82) is 0 Å². The second-order valence-electron chi connectivity index (χ2n) is 6.51. The van der Waals surface area contributed by atoms with E-state index in [1.54, 1.807) is 11.1 Å². The van der Waals surface area contributed by atoms with Gasteiger partial charge in [-0.2, -0.15) is 0 Å². The van der Waals surface area contributed by atoms with Gasteiger partial charge >= 0.3 is 6.03 Å². The van der Waals surface area contributed by atoms with Crippen LogP contribution in [0.3, 0.4) is 0 Å². The maximum absolute atomic E-state index is 12.3. The number of nitrogens with one attached hydrogen (secondary N) is 1. The Morgan fingerprint density at radius 3 is 2.86 bits per heavy atom. The molecule has 3 N–H and O–H groups in total. The van der Waals surface area contributed by atoms with Crippen LogP contribution in [0.1, 0.15) is 31.5 Å². The molecule has 7 nitrogen and oxygen atoms in total. The highest BCUT2D eigenvalue weighted by atomic mass is 16.2. The van der Waals surface area contributed by atoms with Crippen molar-refractivity contribution in [2.75, 3.05) is 13.1 Å². The minimum atomic E-state index is -0.453. The van der Waals surface area contributed by atoms with Crippen LogP contribution in [0.5, 0.6) is 0 Å². The molecule has 3 amide bonds. The Balaban J connectivity index is 1.55. The van der Waals surface area contributed by atoms with E-state index in [2.05, 4.69) is 14.9 Å². The fourth-order valence-corrected chi connectivity index (χ4v) is 3.17. The van der Waals surface area contributed by atoms with Gasteiger partial charge in [0, 0.05) is 37.4 Å². The van der Waals surface area contributed by atoms with E-state index in [0.29, 0.717) is 19.5 Å². The molecule has 22 heavy (non-hydrogen) atoms. The lowest BCUT2D eigenvalue weighted by atomic mass is 10.1. The molecule has 0 spiro atoms. The van der Waals surface area contributed by atoms with E-state index in [0.717, 1.165) is 31.6 Å². The Morgan fingerprint density at radius 2 is 2.27 bits per heavy atom. The first-order valence-corrected chi connectivity index (χ1v) is 7.82. The number of urea groups is 1. The van der Waals surface area contributed by atoms with E-state index in [1.165, 1.54) is 0 Å². The predicted octanol–water partition coefficient (Wildman–Crippen LogP) is 0.631. The second-order valence-corrected chi connectivity index (χ2v) is 6.51. The molecule has 2 heterocycles. The summed E-state index contributed by atoms with van der Waals surface area (Å²) < 4.78 is 2.13. The Kier molecular flexibility index (Phi) is 3.80. The van der Waals surface area contributed by atoms with Gasteiger partial charge in [-0.25, -0.2) is 9.78 Å². The number of imidazole rings is 1. The molecule has 0 unspecified atom stereocenters. The maximum atomic E-state index is 12.3. The van der Waals surface area contributed by atoms with Crippen LogP contribution in [0.2, 0.25) is 0 Å². The molecule has 0 radical (unpaired) electrons. The standard InChI is InChI=1S/C15H23N5O2/c1-11-17-6-8-19(11)10-15(4-5-15)9-18-14(22)20-7-2-3-12(20)13(16)21/h6,8,12H,2-5,7,9-10H2,1H3,(H2,16,21)(H,18,22)/t12-/m0/s1. The number of carbonyl (C=O) groups excluding carboxylic acids is 2. The van der Waals surface area contributed by atoms with Gasteiger partial charge in [0.15, 0.2) is 0 Å². The topological polar surface area (TPSA) is 93.2 Å². The summed E-state index contributed by atoms with van der Waals surface area (Å²) in [6, 6.07) is -0.624. The van der Waals surface area contributed by atoms with Crippen LogP contribution in [-0.4, -0.2) is 45.5 Å². The zero-order chi connectivity index (χ0) is 15.7. The number of hydrogen-bond acceptors (Lipinski definition) is 3. The molecule has 0 bridgehead atoms. The SMILES string of the molecule is Cc1nccn1CC1(CNC(=O)N2CCC[C@H]2C(N)=O)CC1. The third-order valence-corrected chi connectivity index (χ3v) is 4.84. The highest BCUT2D eigenvalue weighted by Crippen LogP contribution is 2.46. The van der Waals surface area contributed by atoms with Crippen molar-refractivity contribution in [3.05, 3.63) is 18.2 Å². The first-order chi connectivity index (χ1) is 10.5. The summed E-state index contributed by atoms with van der Waals surface area (Å²) >= 11 is 0. The average Bonchev–Trinajstić information content (AvgIpc) is 2.88. The van der Waals surface area contributed by atoms with Crippen molar-refractivity contribution in [2.24, 2.45) is 11.1 Å². The molecule has 2 fully saturated rings. The maximum Gasteiger partial charge on any atom is 0.318 e. The molecule has 7 heteroatoms. The van der Waals surface area contributed by atoms with Gasteiger partial charge in [0.1, 0.15) is 11.9 Å². The number of aryl methyl sites for hydroxylation is 1. The van der Waals surface area contributed by atoms with Crippen LogP contribution < -0.4 is 11.1 Å². The molecule has 3 rings (SSSR count). The Morgan fingerprint density at radius 1 is 1.50 bits per heavy atom. The van der Waals surface area contributed by atoms with E-state index < -0.39 is 11.9 Å². The number of rotatable bonds is 5. The molecular weight excluding hydrogens is 282 g/mol. The number of primary amides is 1. The molecule has 1 aliphatic heterocycles. The molecule has 0 aromatic carbocycles. The van der Waals surface area contributed by atoms with Gasteiger partial charge in [-0.15, -0.1) is 0 Å². The normalized spacial score (nSPS) is 22.6. The summed E-state index contributed by atoms with van der Waals surface area (Å²) in [5, 5.41) is 2.99. The Hall–Kier alpha value is -2.05. The molecule has 1 saturated carbocycles. The predicted molar refractivity (Wildman–Crippen MR) is 81.0 cm³/mol. The van der Waals surface area contributed by atoms with Crippen LogP contribution >= 0.6 is 0 Å².